The van der Waals surface area contributed by atoms with E-state index in [1.165, 1.54) is 30.5 Å². The van der Waals surface area contributed by atoms with Crippen LogP contribution in [0, 0.1) is 5.82 Å². The molecule has 0 aliphatic rings. The third kappa shape index (κ3) is 6.42. The SMILES string of the molecule is O=C(N/N=C/c1ccc(OCc2ccc(Cl)cc2)cc1)C(=O)Nc1ccc(F)cc1. The van der Waals surface area contributed by atoms with Crippen molar-refractivity contribution in [3.8, 4) is 5.75 Å². The molecule has 3 rings (SSSR count). The predicted molar refractivity (Wildman–Crippen MR) is 113 cm³/mol. The zero-order chi connectivity index (χ0) is 21.3. The Hall–Kier alpha value is -3.71. The molecule has 0 heterocycles. The maximum atomic E-state index is 12.8. The lowest BCUT2D eigenvalue weighted by molar-refractivity contribution is -0.136. The molecule has 0 atom stereocenters. The number of ether oxygens (including phenoxy) is 1. The zero-order valence-corrected chi connectivity index (χ0v) is 16.4. The van der Waals surface area contributed by atoms with Crippen LogP contribution in [0.2, 0.25) is 5.02 Å². The van der Waals surface area contributed by atoms with Crippen molar-refractivity contribution in [3.05, 3.63) is 94.8 Å². The van der Waals surface area contributed by atoms with Gasteiger partial charge in [-0.2, -0.15) is 5.10 Å². The number of benzene rings is 3. The molecule has 0 radical (unpaired) electrons. The van der Waals surface area contributed by atoms with Crippen LogP contribution in [0.15, 0.2) is 77.9 Å². The molecule has 2 N–H and O–H groups in total. The molecular weight excluding hydrogens is 409 g/mol. The molecule has 3 aromatic carbocycles. The molecule has 6 nitrogen and oxygen atoms in total. The van der Waals surface area contributed by atoms with Gasteiger partial charge in [-0.15, -0.1) is 0 Å². The molecule has 152 valence electrons. The number of rotatable bonds is 6. The number of nitrogens with zero attached hydrogens (tertiary/aromatic N) is 1. The van der Waals surface area contributed by atoms with E-state index in [0.29, 0.717) is 28.6 Å². The minimum Gasteiger partial charge on any atom is -0.489 e. The number of amides is 2. The van der Waals surface area contributed by atoms with Crippen molar-refractivity contribution in [2.45, 2.75) is 6.61 Å². The van der Waals surface area contributed by atoms with Crippen LogP contribution in [0.4, 0.5) is 10.1 Å². The highest BCUT2D eigenvalue weighted by atomic mass is 35.5. The Bertz CT molecular complexity index is 1040. The van der Waals surface area contributed by atoms with E-state index in [1.54, 1.807) is 36.4 Å². The third-order valence-corrected chi connectivity index (χ3v) is 4.14. The predicted octanol–water partition coefficient (Wildman–Crippen LogP) is 4.15. The van der Waals surface area contributed by atoms with Gasteiger partial charge in [0, 0.05) is 10.7 Å². The van der Waals surface area contributed by atoms with Gasteiger partial charge in [0.25, 0.3) is 0 Å². The van der Waals surface area contributed by atoms with Gasteiger partial charge >= 0.3 is 11.8 Å². The average molecular weight is 426 g/mol. The second kappa shape index (κ2) is 10.2. The van der Waals surface area contributed by atoms with Crippen molar-refractivity contribution in [1.82, 2.24) is 5.43 Å². The van der Waals surface area contributed by atoms with Crippen molar-refractivity contribution in [2.75, 3.05) is 5.32 Å². The van der Waals surface area contributed by atoms with Crippen LogP contribution in [0.25, 0.3) is 0 Å². The first-order valence-corrected chi connectivity index (χ1v) is 9.25. The summed E-state index contributed by atoms with van der Waals surface area (Å²) < 4.78 is 18.5. The van der Waals surface area contributed by atoms with Crippen molar-refractivity contribution in [3.63, 3.8) is 0 Å². The molecule has 3 aromatic rings. The minimum atomic E-state index is -0.946. The number of carbonyl (C=O) groups excluding carboxylic acids is 2. The first-order valence-electron chi connectivity index (χ1n) is 8.87. The summed E-state index contributed by atoms with van der Waals surface area (Å²) in [5.41, 5.74) is 4.13. The fourth-order valence-corrected chi connectivity index (χ4v) is 2.46. The second-order valence-corrected chi connectivity index (χ2v) is 6.58. The highest BCUT2D eigenvalue weighted by Gasteiger charge is 2.12. The van der Waals surface area contributed by atoms with E-state index >= 15 is 0 Å². The molecule has 30 heavy (non-hydrogen) atoms. The Morgan fingerprint density at radius 2 is 1.60 bits per heavy atom. The zero-order valence-electron chi connectivity index (χ0n) is 15.6. The molecule has 0 aliphatic heterocycles. The normalized spacial score (nSPS) is 10.6. The first-order chi connectivity index (χ1) is 14.5. The highest BCUT2D eigenvalue weighted by Crippen LogP contribution is 2.15. The fraction of sp³-hybridized carbons (Fsp3) is 0.0455. The molecule has 0 bridgehead atoms. The molecule has 0 saturated carbocycles. The highest BCUT2D eigenvalue weighted by molar-refractivity contribution is 6.39. The molecule has 8 heteroatoms. The molecule has 0 unspecified atom stereocenters. The lowest BCUT2D eigenvalue weighted by Crippen LogP contribution is -2.32. The van der Waals surface area contributed by atoms with Crippen molar-refractivity contribution < 1.29 is 18.7 Å². The van der Waals surface area contributed by atoms with Crippen LogP contribution < -0.4 is 15.5 Å². The van der Waals surface area contributed by atoms with Crippen LogP contribution in [0.5, 0.6) is 5.75 Å². The summed E-state index contributed by atoms with van der Waals surface area (Å²) in [4.78, 5) is 23.5. The van der Waals surface area contributed by atoms with E-state index in [4.69, 9.17) is 16.3 Å². The summed E-state index contributed by atoms with van der Waals surface area (Å²) in [5, 5.41) is 6.76. The van der Waals surface area contributed by atoms with E-state index in [0.717, 1.165) is 5.56 Å². The number of hydrogen-bond acceptors (Lipinski definition) is 4. The van der Waals surface area contributed by atoms with Crippen LogP contribution in [-0.4, -0.2) is 18.0 Å². The Labute approximate surface area is 177 Å². The summed E-state index contributed by atoms with van der Waals surface area (Å²) in [6, 6.07) is 19.5. The summed E-state index contributed by atoms with van der Waals surface area (Å²) >= 11 is 5.85. The topological polar surface area (TPSA) is 79.8 Å². The second-order valence-electron chi connectivity index (χ2n) is 6.14. The third-order valence-electron chi connectivity index (χ3n) is 3.89. The number of carbonyl (C=O) groups is 2. The van der Waals surface area contributed by atoms with Crippen LogP contribution in [0.1, 0.15) is 11.1 Å². The first kappa shape index (κ1) is 21.0. The molecule has 2 amide bonds. The Morgan fingerprint density at radius 1 is 0.933 bits per heavy atom. The number of hydrogen-bond donors (Lipinski definition) is 2. The number of nitrogens with one attached hydrogen (secondary N) is 2. The smallest absolute Gasteiger partial charge is 0.329 e. The Kier molecular flexibility index (Phi) is 7.13. The molecule has 0 saturated heterocycles. The standard InChI is InChI=1S/C22H17ClFN3O3/c23-17-5-1-16(2-6-17)14-30-20-11-3-15(4-12-20)13-25-27-22(29)21(28)26-19-9-7-18(24)8-10-19/h1-13H,14H2,(H,26,28)(H,27,29)/b25-13+. The number of anilines is 1. The van der Waals surface area contributed by atoms with Gasteiger partial charge in [-0.05, 0) is 71.8 Å². The number of halogens is 2. The summed E-state index contributed by atoms with van der Waals surface area (Å²) in [7, 11) is 0. The average Bonchev–Trinajstić information content (AvgIpc) is 2.76. The summed E-state index contributed by atoms with van der Waals surface area (Å²) in [6.45, 7) is 0.407. The minimum absolute atomic E-state index is 0.301. The van der Waals surface area contributed by atoms with E-state index in [1.807, 2.05) is 12.1 Å². The quantitative estimate of drug-likeness (QED) is 0.354. The molecular formula is C22H17ClFN3O3. The monoisotopic (exact) mass is 425 g/mol. The van der Waals surface area contributed by atoms with Gasteiger partial charge < -0.3 is 10.1 Å². The Morgan fingerprint density at radius 3 is 2.27 bits per heavy atom. The van der Waals surface area contributed by atoms with Gasteiger partial charge in [-0.1, -0.05) is 23.7 Å². The lowest BCUT2D eigenvalue weighted by Gasteiger charge is -2.06. The van der Waals surface area contributed by atoms with Crippen molar-refractivity contribution >= 4 is 35.3 Å². The van der Waals surface area contributed by atoms with Gasteiger partial charge in [0.15, 0.2) is 0 Å². The molecule has 0 aliphatic carbocycles. The van der Waals surface area contributed by atoms with Crippen LogP contribution in [0.3, 0.4) is 0 Å². The van der Waals surface area contributed by atoms with E-state index in [2.05, 4.69) is 15.8 Å². The van der Waals surface area contributed by atoms with Gasteiger partial charge in [-0.3, -0.25) is 9.59 Å². The Balaban J connectivity index is 1.46. The van der Waals surface area contributed by atoms with E-state index in [9.17, 15) is 14.0 Å². The largest absolute Gasteiger partial charge is 0.489 e. The molecule has 0 aromatic heterocycles. The van der Waals surface area contributed by atoms with Crippen LogP contribution in [-0.2, 0) is 16.2 Å². The fourth-order valence-electron chi connectivity index (χ4n) is 2.33. The van der Waals surface area contributed by atoms with Crippen molar-refractivity contribution in [1.29, 1.82) is 0 Å². The maximum absolute atomic E-state index is 12.8. The number of hydrazone groups is 1. The van der Waals surface area contributed by atoms with Gasteiger partial charge in [0.2, 0.25) is 0 Å². The van der Waals surface area contributed by atoms with E-state index < -0.39 is 17.6 Å². The molecule has 0 spiro atoms. The van der Waals surface area contributed by atoms with Gasteiger partial charge in [0.05, 0.1) is 6.21 Å². The van der Waals surface area contributed by atoms with E-state index in [-0.39, 0.29) is 0 Å². The van der Waals surface area contributed by atoms with Gasteiger partial charge in [0.1, 0.15) is 18.2 Å². The van der Waals surface area contributed by atoms with Crippen molar-refractivity contribution in [2.24, 2.45) is 5.10 Å². The summed E-state index contributed by atoms with van der Waals surface area (Å²) in [5.74, 6) is -1.63. The van der Waals surface area contributed by atoms with Crippen LogP contribution >= 0.6 is 11.6 Å². The molecule has 0 fully saturated rings. The summed E-state index contributed by atoms with van der Waals surface area (Å²) in [6.07, 6.45) is 1.39. The maximum Gasteiger partial charge on any atom is 0.329 e. The van der Waals surface area contributed by atoms with Gasteiger partial charge in [-0.25, -0.2) is 9.82 Å². The lowest BCUT2D eigenvalue weighted by atomic mass is 10.2.